The highest BCUT2D eigenvalue weighted by Crippen LogP contribution is 2.23. The molecule has 0 aliphatic carbocycles. The maximum absolute atomic E-state index is 12.9. The van der Waals surface area contributed by atoms with Crippen LogP contribution in [0.2, 0.25) is 5.02 Å². The molecule has 1 N–H and O–H groups in total. The third kappa shape index (κ3) is 4.21. The Morgan fingerprint density at radius 2 is 1.92 bits per heavy atom. The Bertz CT molecular complexity index is 952. The standard InChI is InChI=1S/C19H15ClFNO4/c1-11(18(23)22-10-12-2-5-15(21)6-3-12)25-19(24)17-9-13-8-14(20)4-7-16(13)26-17/h2-9,11H,10H2,1H3,(H,22,23)/t11-/m0/s1. The van der Waals surface area contributed by atoms with Crippen LogP contribution in [0.3, 0.4) is 0 Å². The molecule has 1 aromatic heterocycles. The molecule has 0 aliphatic rings. The van der Waals surface area contributed by atoms with Crippen LogP contribution in [0.25, 0.3) is 11.0 Å². The first-order valence-corrected chi connectivity index (χ1v) is 8.22. The molecular weight excluding hydrogens is 361 g/mol. The van der Waals surface area contributed by atoms with Crippen molar-refractivity contribution >= 4 is 34.4 Å². The third-order valence-electron chi connectivity index (χ3n) is 3.71. The van der Waals surface area contributed by atoms with E-state index in [0.717, 1.165) is 5.56 Å². The van der Waals surface area contributed by atoms with Crippen molar-refractivity contribution in [3.63, 3.8) is 0 Å². The fourth-order valence-corrected chi connectivity index (χ4v) is 2.50. The summed E-state index contributed by atoms with van der Waals surface area (Å²) in [6, 6.07) is 12.2. The number of hydrogen-bond donors (Lipinski definition) is 1. The van der Waals surface area contributed by atoms with E-state index in [1.807, 2.05) is 0 Å². The Hall–Kier alpha value is -2.86. The Morgan fingerprint density at radius 3 is 2.65 bits per heavy atom. The molecule has 0 saturated carbocycles. The van der Waals surface area contributed by atoms with Crippen molar-refractivity contribution in [2.45, 2.75) is 19.6 Å². The van der Waals surface area contributed by atoms with E-state index >= 15 is 0 Å². The monoisotopic (exact) mass is 375 g/mol. The lowest BCUT2D eigenvalue weighted by Crippen LogP contribution is -2.35. The second-order valence-electron chi connectivity index (χ2n) is 5.68. The second-order valence-corrected chi connectivity index (χ2v) is 6.12. The van der Waals surface area contributed by atoms with E-state index in [1.54, 1.807) is 30.3 Å². The summed E-state index contributed by atoms with van der Waals surface area (Å²) < 4.78 is 23.4. The minimum Gasteiger partial charge on any atom is -0.449 e. The summed E-state index contributed by atoms with van der Waals surface area (Å²) in [5, 5.41) is 3.81. The molecule has 0 spiro atoms. The van der Waals surface area contributed by atoms with Crippen LogP contribution >= 0.6 is 11.6 Å². The quantitative estimate of drug-likeness (QED) is 0.682. The average Bonchev–Trinajstić information content (AvgIpc) is 3.04. The predicted molar refractivity (Wildman–Crippen MR) is 94.3 cm³/mol. The van der Waals surface area contributed by atoms with Crippen LogP contribution in [0.1, 0.15) is 23.0 Å². The molecule has 1 heterocycles. The SMILES string of the molecule is C[C@H](OC(=O)c1cc2cc(Cl)ccc2o1)C(=O)NCc1ccc(F)cc1. The van der Waals surface area contributed by atoms with Crippen molar-refractivity contribution in [1.29, 1.82) is 0 Å². The van der Waals surface area contributed by atoms with E-state index in [0.29, 0.717) is 16.0 Å². The molecule has 3 aromatic rings. The van der Waals surface area contributed by atoms with Crippen molar-refractivity contribution in [2.75, 3.05) is 0 Å². The van der Waals surface area contributed by atoms with Gasteiger partial charge in [-0.05, 0) is 48.9 Å². The Labute approximate surface area is 153 Å². The molecule has 0 radical (unpaired) electrons. The average molecular weight is 376 g/mol. The fraction of sp³-hybridized carbons (Fsp3) is 0.158. The van der Waals surface area contributed by atoms with Gasteiger partial charge in [-0.3, -0.25) is 4.79 Å². The van der Waals surface area contributed by atoms with Crippen LogP contribution in [0.4, 0.5) is 4.39 Å². The smallest absolute Gasteiger partial charge is 0.375 e. The molecule has 0 unspecified atom stereocenters. The molecule has 0 saturated heterocycles. The van der Waals surface area contributed by atoms with Crippen molar-refractivity contribution in [3.05, 3.63) is 70.7 Å². The second kappa shape index (κ2) is 7.58. The summed E-state index contributed by atoms with van der Waals surface area (Å²) in [6.45, 7) is 1.65. The fourth-order valence-electron chi connectivity index (χ4n) is 2.32. The van der Waals surface area contributed by atoms with Gasteiger partial charge in [-0.1, -0.05) is 23.7 Å². The maximum Gasteiger partial charge on any atom is 0.375 e. The number of furan rings is 1. The molecule has 7 heteroatoms. The molecule has 3 rings (SSSR count). The van der Waals surface area contributed by atoms with Gasteiger partial charge in [0.2, 0.25) is 5.76 Å². The van der Waals surface area contributed by atoms with E-state index in [1.165, 1.54) is 25.1 Å². The van der Waals surface area contributed by atoms with Crippen molar-refractivity contribution in [3.8, 4) is 0 Å². The maximum atomic E-state index is 12.9. The number of carbonyl (C=O) groups excluding carboxylic acids is 2. The van der Waals surface area contributed by atoms with E-state index in [-0.39, 0.29) is 18.1 Å². The highest BCUT2D eigenvalue weighted by molar-refractivity contribution is 6.31. The van der Waals surface area contributed by atoms with Gasteiger partial charge >= 0.3 is 5.97 Å². The highest BCUT2D eigenvalue weighted by atomic mass is 35.5. The molecule has 26 heavy (non-hydrogen) atoms. The summed E-state index contributed by atoms with van der Waals surface area (Å²) in [6.07, 6.45) is -1.01. The summed E-state index contributed by atoms with van der Waals surface area (Å²) in [5.41, 5.74) is 1.22. The van der Waals surface area contributed by atoms with E-state index in [9.17, 15) is 14.0 Å². The molecule has 134 valence electrons. The zero-order valence-corrected chi connectivity index (χ0v) is 14.5. The number of benzene rings is 2. The van der Waals surface area contributed by atoms with Crippen LogP contribution in [0, 0.1) is 5.82 Å². The normalized spacial score (nSPS) is 12.0. The van der Waals surface area contributed by atoms with Gasteiger partial charge in [0.05, 0.1) is 0 Å². The zero-order chi connectivity index (χ0) is 18.7. The minimum atomic E-state index is -1.01. The summed E-state index contributed by atoms with van der Waals surface area (Å²) in [7, 11) is 0. The van der Waals surface area contributed by atoms with Crippen molar-refractivity contribution in [1.82, 2.24) is 5.32 Å². The predicted octanol–water partition coefficient (Wildman–Crippen LogP) is 4.09. The first-order chi connectivity index (χ1) is 12.4. The summed E-state index contributed by atoms with van der Waals surface area (Å²) >= 11 is 5.90. The zero-order valence-electron chi connectivity index (χ0n) is 13.8. The van der Waals surface area contributed by atoms with Gasteiger partial charge in [-0.25, -0.2) is 9.18 Å². The van der Waals surface area contributed by atoms with Gasteiger partial charge in [0, 0.05) is 17.0 Å². The molecule has 2 aromatic carbocycles. The largest absolute Gasteiger partial charge is 0.449 e. The van der Waals surface area contributed by atoms with E-state index < -0.39 is 18.0 Å². The van der Waals surface area contributed by atoms with Crippen LogP contribution in [-0.4, -0.2) is 18.0 Å². The van der Waals surface area contributed by atoms with E-state index in [4.69, 9.17) is 20.8 Å². The molecule has 0 bridgehead atoms. The Kier molecular flexibility index (Phi) is 5.23. The lowest BCUT2D eigenvalue weighted by Gasteiger charge is -2.12. The number of fused-ring (bicyclic) bond motifs is 1. The van der Waals surface area contributed by atoms with Crippen LogP contribution < -0.4 is 5.32 Å². The lowest BCUT2D eigenvalue weighted by atomic mass is 10.2. The minimum absolute atomic E-state index is 0.0135. The van der Waals surface area contributed by atoms with Gasteiger partial charge in [-0.2, -0.15) is 0 Å². The number of halogens is 2. The molecule has 1 amide bonds. The lowest BCUT2D eigenvalue weighted by molar-refractivity contribution is -0.129. The number of hydrogen-bond acceptors (Lipinski definition) is 4. The van der Waals surface area contributed by atoms with Crippen LogP contribution in [0.15, 0.2) is 52.9 Å². The van der Waals surface area contributed by atoms with Crippen molar-refractivity contribution in [2.24, 2.45) is 0 Å². The number of carbonyl (C=O) groups is 2. The molecule has 1 atom stereocenters. The Balaban J connectivity index is 1.58. The van der Waals surface area contributed by atoms with Crippen LogP contribution in [-0.2, 0) is 16.1 Å². The third-order valence-corrected chi connectivity index (χ3v) is 3.95. The number of rotatable bonds is 5. The highest BCUT2D eigenvalue weighted by Gasteiger charge is 2.21. The molecule has 0 aliphatic heterocycles. The number of nitrogens with one attached hydrogen (secondary N) is 1. The first-order valence-electron chi connectivity index (χ1n) is 7.84. The topological polar surface area (TPSA) is 68.5 Å². The summed E-state index contributed by atoms with van der Waals surface area (Å²) in [4.78, 5) is 24.2. The molecular formula is C19H15ClFNO4. The van der Waals surface area contributed by atoms with E-state index in [2.05, 4.69) is 5.32 Å². The van der Waals surface area contributed by atoms with Gasteiger partial charge in [0.15, 0.2) is 6.10 Å². The first kappa shape index (κ1) is 17.9. The number of amides is 1. The van der Waals surface area contributed by atoms with Gasteiger partial charge in [0.1, 0.15) is 11.4 Å². The molecule has 0 fully saturated rings. The Morgan fingerprint density at radius 1 is 1.19 bits per heavy atom. The van der Waals surface area contributed by atoms with Crippen molar-refractivity contribution < 1.29 is 23.1 Å². The number of ether oxygens (including phenoxy) is 1. The van der Waals surface area contributed by atoms with Crippen LogP contribution in [0.5, 0.6) is 0 Å². The molecule has 5 nitrogen and oxygen atoms in total. The summed E-state index contributed by atoms with van der Waals surface area (Å²) in [5.74, 6) is -1.58. The van der Waals surface area contributed by atoms with Gasteiger partial charge in [0.25, 0.3) is 5.91 Å². The van der Waals surface area contributed by atoms with Gasteiger partial charge in [-0.15, -0.1) is 0 Å². The van der Waals surface area contributed by atoms with Gasteiger partial charge < -0.3 is 14.5 Å². The number of esters is 1.